The Morgan fingerprint density at radius 3 is 1.23 bits per heavy atom. The summed E-state index contributed by atoms with van der Waals surface area (Å²) in [6, 6.07) is -0.893. The molecule has 0 aromatic carbocycles. The molecular formula is C66H108N2O6P+. The number of nitrogens with one attached hydrogen (secondary N) is 1. The van der Waals surface area contributed by atoms with E-state index in [9.17, 15) is 19.4 Å². The molecule has 422 valence electrons. The van der Waals surface area contributed by atoms with E-state index in [4.69, 9.17) is 9.05 Å². The summed E-state index contributed by atoms with van der Waals surface area (Å²) in [6.45, 7) is 4.60. The number of aliphatic hydroxyl groups is 1. The van der Waals surface area contributed by atoms with Gasteiger partial charge in [0.05, 0.1) is 39.9 Å². The van der Waals surface area contributed by atoms with Crippen molar-refractivity contribution in [1.82, 2.24) is 5.32 Å². The smallest absolute Gasteiger partial charge is 0.387 e. The number of quaternary nitrogens is 1. The second-order valence-corrected chi connectivity index (χ2v) is 21.4. The third kappa shape index (κ3) is 57.4. The van der Waals surface area contributed by atoms with Gasteiger partial charge in [-0.05, 0) is 128 Å². The minimum absolute atomic E-state index is 0.0397. The van der Waals surface area contributed by atoms with Crippen molar-refractivity contribution in [2.24, 2.45) is 0 Å². The van der Waals surface area contributed by atoms with Crippen LogP contribution in [0.2, 0.25) is 0 Å². The van der Waals surface area contributed by atoms with Crippen LogP contribution in [0.4, 0.5) is 0 Å². The molecular weight excluding hydrogens is 948 g/mol. The van der Waals surface area contributed by atoms with Crippen molar-refractivity contribution >= 4 is 13.7 Å². The SMILES string of the molecule is CC/C=C\C/C=C\C/C=C\C/C=C\C/C=C\C/C=C\C/C=C\C/C=C\C/C=C\C/C=C\C/C=C\CCCCCCCC(=O)NC(COP(=O)(O)OCC[N+](C)(C)C)C(O)/C=C/CC/C=C/CC/C=C/CCCCCC. The first-order valence-corrected chi connectivity index (χ1v) is 30.5. The van der Waals surface area contributed by atoms with Gasteiger partial charge in [-0.15, -0.1) is 0 Å². The minimum Gasteiger partial charge on any atom is -0.387 e. The van der Waals surface area contributed by atoms with E-state index in [0.717, 1.165) is 141 Å². The van der Waals surface area contributed by atoms with Crippen molar-refractivity contribution in [3.8, 4) is 0 Å². The Balaban J connectivity index is 4.25. The van der Waals surface area contributed by atoms with E-state index in [1.54, 1.807) is 6.08 Å². The van der Waals surface area contributed by atoms with E-state index >= 15 is 0 Å². The number of hydrogen-bond acceptors (Lipinski definition) is 5. The fourth-order valence-corrected chi connectivity index (χ4v) is 7.87. The molecule has 0 aromatic heterocycles. The van der Waals surface area contributed by atoms with Crippen LogP contribution in [0.15, 0.2) is 170 Å². The van der Waals surface area contributed by atoms with Gasteiger partial charge in [-0.2, -0.15) is 0 Å². The number of rotatable bonds is 50. The largest absolute Gasteiger partial charge is 0.472 e. The maximum absolute atomic E-state index is 12.9. The molecule has 0 radical (unpaired) electrons. The molecule has 3 N–H and O–H groups in total. The molecule has 8 nitrogen and oxygen atoms in total. The minimum atomic E-state index is -4.37. The Bertz CT molecular complexity index is 1820. The number of nitrogens with zero attached hydrogens (tertiary/aromatic N) is 1. The monoisotopic (exact) mass is 1060 g/mol. The third-order valence-corrected chi connectivity index (χ3v) is 12.6. The van der Waals surface area contributed by atoms with Crippen molar-refractivity contribution in [3.63, 3.8) is 0 Å². The lowest BCUT2D eigenvalue weighted by Gasteiger charge is -2.25. The summed E-state index contributed by atoms with van der Waals surface area (Å²) < 4.78 is 23.6. The van der Waals surface area contributed by atoms with Gasteiger partial charge in [-0.1, -0.05) is 223 Å². The van der Waals surface area contributed by atoms with Crippen LogP contribution in [-0.4, -0.2) is 73.4 Å². The summed E-state index contributed by atoms with van der Waals surface area (Å²) in [5, 5.41) is 13.8. The number of aliphatic hydroxyl groups excluding tert-OH is 1. The van der Waals surface area contributed by atoms with Crippen LogP contribution in [0, 0.1) is 0 Å². The lowest BCUT2D eigenvalue weighted by atomic mass is 10.1. The van der Waals surface area contributed by atoms with E-state index in [1.165, 1.54) is 25.7 Å². The van der Waals surface area contributed by atoms with E-state index in [0.29, 0.717) is 17.4 Å². The van der Waals surface area contributed by atoms with Gasteiger partial charge in [0.15, 0.2) is 0 Å². The number of phosphoric acid groups is 1. The Kier molecular flexibility index (Phi) is 51.6. The maximum atomic E-state index is 12.9. The van der Waals surface area contributed by atoms with Crippen molar-refractivity contribution < 1.29 is 32.9 Å². The number of hydrogen-bond donors (Lipinski definition) is 3. The molecule has 3 unspecified atom stereocenters. The Labute approximate surface area is 460 Å². The molecule has 0 bridgehead atoms. The van der Waals surface area contributed by atoms with Crippen LogP contribution >= 0.6 is 7.82 Å². The number of allylic oxidation sites excluding steroid dienone is 27. The predicted octanol–water partition coefficient (Wildman–Crippen LogP) is 18.0. The van der Waals surface area contributed by atoms with Crippen LogP contribution in [0.3, 0.4) is 0 Å². The highest BCUT2D eigenvalue weighted by molar-refractivity contribution is 7.47. The molecule has 0 saturated heterocycles. The molecule has 0 heterocycles. The van der Waals surface area contributed by atoms with E-state index in [2.05, 4.69) is 177 Å². The first-order chi connectivity index (χ1) is 36.5. The summed E-state index contributed by atoms with van der Waals surface area (Å²) in [5.41, 5.74) is 0. The number of unbranched alkanes of at least 4 members (excludes halogenated alkanes) is 11. The molecule has 0 fully saturated rings. The summed E-state index contributed by atoms with van der Waals surface area (Å²) in [4.78, 5) is 23.2. The van der Waals surface area contributed by atoms with E-state index in [1.807, 2.05) is 27.2 Å². The van der Waals surface area contributed by atoms with Gasteiger partial charge in [-0.3, -0.25) is 13.8 Å². The van der Waals surface area contributed by atoms with Gasteiger partial charge in [0.2, 0.25) is 5.91 Å². The predicted molar refractivity (Wildman–Crippen MR) is 327 cm³/mol. The Morgan fingerprint density at radius 1 is 0.467 bits per heavy atom. The van der Waals surface area contributed by atoms with Crippen LogP contribution in [0.1, 0.15) is 187 Å². The van der Waals surface area contributed by atoms with Crippen molar-refractivity contribution in [2.45, 2.75) is 199 Å². The maximum Gasteiger partial charge on any atom is 0.472 e. The number of amides is 1. The standard InChI is InChI=1S/C66H107N2O6P/c1-6-8-10-12-14-16-18-20-22-23-24-25-26-27-28-29-30-31-32-33-34-35-36-37-38-39-40-41-42-43-44-45-46-48-50-52-54-56-58-60-66(70)67-64(63-74-75(71,72)73-62-61-68(3,4)5)65(69)59-57-55-53-51-49-47-21-19-17-15-13-11-9-7-2/h8,10,14,16-17,19-20,22,24-25,27-28,30-31,33-34,36-37,39-40,42-43,45-46,49,51,57,59,64-65,69H,6-7,9,11-13,15,18,21,23,26,29,32,35,38,41,44,47-48,50,52-56,58,60-63H2,1-5H3,(H-,67,70,71,72)/p+1/b10-8-,16-14-,19-17+,22-20-,25-24-,28-27-,31-30-,34-33-,37-36-,40-39-,43-42-,46-45-,51-49+,59-57+. The summed E-state index contributed by atoms with van der Waals surface area (Å²) >= 11 is 0. The van der Waals surface area contributed by atoms with Crippen LogP contribution in [0.5, 0.6) is 0 Å². The second-order valence-electron chi connectivity index (χ2n) is 19.9. The highest BCUT2D eigenvalue weighted by Crippen LogP contribution is 2.43. The fourth-order valence-electron chi connectivity index (χ4n) is 7.13. The first kappa shape index (κ1) is 70.9. The van der Waals surface area contributed by atoms with Crippen molar-refractivity contribution in [3.05, 3.63) is 170 Å². The van der Waals surface area contributed by atoms with Gasteiger partial charge >= 0.3 is 7.82 Å². The fraction of sp³-hybridized carbons (Fsp3) is 0.561. The van der Waals surface area contributed by atoms with Gasteiger partial charge in [0, 0.05) is 6.42 Å². The quantitative estimate of drug-likeness (QED) is 0.0243. The molecule has 0 aliphatic rings. The lowest BCUT2D eigenvalue weighted by molar-refractivity contribution is -0.870. The van der Waals surface area contributed by atoms with E-state index in [-0.39, 0.29) is 19.1 Å². The zero-order chi connectivity index (χ0) is 54.9. The number of carbonyl (C=O) groups excluding carboxylic acids is 1. The van der Waals surface area contributed by atoms with Gasteiger partial charge < -0.3 is 19.8 Å². The number of carbonyl (C=O) groups is 1. The van der Waals surface area contributed by atoms with Crippen LogP contribution in [0.25, 0.3) is 0 Å². The third-order valence-electron chi connectivity index (χ3n) is 11.6. The molecule has 0 aliphatic carbocycles. The molecule has 1 amide bonds. The van der Waals surface area contributed by atoms with E-state index < -0.39 is 20.0 Å². The first-order valence-electron chi connectivity index (χ1n) is 29.0. The van der Waals surface area contributed by atoms with Gasteiger partial charge in [0.25, 0.3) is 0 Å². The summed E-state index contributed by atoms with van der Waals surface area (Å²) in [5.74, 6) is -0.219. The molecule has 0 aromatic rings. The zero-order valence-electron chi connectivity index (χ0n) is 48.0. The molecule has 0 saturated carbocycles. The average Bonchev–Trinajstić information content (AvgIpc) is 3.37. The van der Waals surface area contributed by atoms with Gasteiger partial charge in [0.1, 0.15) is 13.2 Å². The van der Waals surface area contributed by atoms with Crippen LogP contribution < -0.4 is 5.32 Å². The molecule has 0 rings (SSSR count). The Hall–Kier alpha value is -4.14. The molecule has 0 spiro atoms. The number of phosphoric ester groups is 1. The zero-order valence-corrected chi connectivity index (χ0v) is 48.8. The second kappa shape index (κ2) is 54.6. The highest BCUT2D eigenvalue weighted by Gasteiger charge is 2.27. The molecule has 3 atom stereocenters. The lowest BCUT2D eigenvalue weighted by Crippen LogP contribution is -2.45. The topological polar surface area (TPSA) is 105 Å². The Morgan fingerprint density at radius 2 is 0.813 bits per heavy atom. The highest BCUT2D eigenvalue weighted by atomic mass is 31.2. The molecule has 0 aliphatic heterocycles. The summed E-state index contributed by atoms with van der Waals surface area (Å²) in [7, 11) is 1.50. The average molecular weight is 1060 g/mol. The summed E-state index contributed by atoms with van der Waals surface area (Å²) in [6.07, 6.45) is 87.5. The van der Waals surface area contributed by atoms with Crippen molar-refractivity contribution in [1.29, 1.82) is 0 Å². The van der Waals surface area contributed by atoms with Crippen LogP contribution in [-0.2, 0) is 18.4 Å². The molecule has 9 heteroatoms. The molecule has 75 heavy (non-hydrogen) atoms. The normalized spacial score (nSPS) is 15.1. The van der Waals surface area contributed by atoms with Crippen molar-refractivity contribution in [2.75, 3.05) is 40.9 Å². The number of likely N-dealkylation sites (N-methyl/N-ethyl adjacent to an activating group) is 1. The van der Waals surface area contributed by atoms with Gasteiger partial charge in [-0.25, -0.2) is 4.57 Å².